The summed E-state index contributed by atoms with van der Waals surface area (Å²) in [6.45, 7) is 7.35. The number of carbonyl (C=O) groups excluding carboxylic acids is 2. The molecule has 31 heavy (non-hydrogen) atoms. The number of piperazine rings is 1. The van der Waals surface area contributed by atoms with E-state index in [1.165, 1.54) is 11.8 Å². The molecule has 1 aliphatic heterocycles. The zero-order chi connectivity index (χ0) is 21.9. The number of anilines is 2. The summed E-state index contributed by atoms with van der Waals surface area (Å²) in [6.07, 6.45) is 4.45. The van der Waals surface area contributed by atoms with Crippen molar-refractivity contribution in [3.8, 4) is 0 Å². The zero-order valence-corrected chi connectivity index (χ0v) is 18.7. The molecule has 9 heteroatoms. The lowest BCUT2D eigenvalue weighted by Crippen LogP contribution is -2.47. The van der Waals surface area contributed by atoms with Crippen molar-refractivity contribution < 1.29 is 9.59 Å². The van der Waals surface area contributed by atoms with Gasteiger partial charge < -0.3 is 15.5 Å². The van der Waals surface area contributed by atoms with Crippen LogP contribution in [0.2, 0.25) is 0 Å². The van der Waals surface area contributed by atoms with Crippen LogP contribution in [0.25, 0.3) is 0 Å². The molecule has 3 rings (SSSR count). The summed E-state index contributed by atoms with van der Waals surface area (Å²) < 4.78 is 0. The summed E-state index contributed by atoms with van der Waals surface area (Å²) in [5, 5.41) is 5.79. The van der Waals surface area contributed by atoms with Crippen molar-refractivity contribution >= 4 is 35.2 Å². The number of aryl methyl sites for hydroxylation is 1. The van der Waals surface area contributed by atoms with Gasteiger partial charge in [0.1, 0.15) is 0 Å². The predicted octanol–water partition coefficient (Wildman–Crippen LogP) is 1.79. The quantitative estimate of drug-likeness (QED) is 0.542. The third-order valence-electron chi connectivity index (χ3n) is 4.95. The summed E-state index contributed by atoms with van der Waals surface area (Å²) >= 11 is 1.33. The van der Waals surface area contributed by atoms with Gasteiger partial charge in [-0.25, -0.2) is 9.97 Å². The lowest BCUT2D eigenvalue weighted by atomic mass is 10.2. The summed E-state index contributed by atoms with van der Waals surface area (Å²) in [6, 6.07) is 9.49. The van der Waals surface area contributed by atoms with Gasteiger partial charge in [-0.15, -0.1) is 11.8 Å². The molecule has 2 amide bonds. The zero-order valence-electron chi connectivity index (χ0n) is 17.9. The number of carbonyl (C=O) groups is 2. The van der Waals surface area contributed by atoms with E-state index in [9.17, 15) is 9.59 Å². The average Bonchev–Trinajstić information content (AvgIpc) is 2.78. The second-order valence-electron chi connectivity index (χ2n) is 7.49. The molecule has 2 heterocycles. The molecule has 8 nitrogen and oxygen atoms in total. The SMILES string of the molecule is Cc1cccc(NC(=O)CSCC(=O)NCCCN2CCN(c3ncccn3)CC2)c1. The number of thioether (sulfide) groups is 1. The molecular weight excluding hydrogens is 412 g/mol. The fourth-order valence-electron chi connectivity index (χ4n) is 3.36. The highest BCUT2D eigenvalue weighted by Crippen LogP contribution is 2.11. The van der Waals surface area contributed by atoms with E-state index in [0.29, 0.717) is 6.54 Å². The van der Waals surface area contributed by atoms with E-state index in [4.69, 9.17) is 0 Å². The second kappa shape index (κ2) is 12.3. The Balaban J connectivity index is 1.21. The topological polar surface area (TPSA) is 90.5 Å². The van der Waals surface area contributed by atoms with Gasteiger partial charge in [-0.05, 0) is 43.7 Å². The highest BCUT2D eigenvalue weighted by molar-refractivity contribution is 8.00. The predicted molar refractivity (Wildman–Crippen MR) is 125 cm³/mol. The van der Waals surface area contributed by atoms with E-state index in [1.807, 2.05) is 37.3 Å². The maximum absolute atomic E-state index is 12.0. The van der Waals surface area contributed by atoms with Crippen molar-refractivity contribution in [3.05, 3.63) is 48.3 Å². The first-order valence-electron chi connectivity index (χ1n) is 10.6. The monoisotopic (exact) mass is 442 g/mol. The van der Waals surface area contributed by atoms with Crippen molar-refractivity contribution in [1.82, 2.24) is 20.2 Å². The largest absolute Gasteiger partial charge is 0.355 e. The molecule has 0 aliphatic carbocycles. The Morgan fingerprint density at radius 1 is 1.03 bits per heavy atom. The Morgan fingerprint density at radius 2 is 1.77 bits per heavy atom. The highest BCUT2D eigenvalue weighted by Gasteiger charge is 2.18. The molecule has 0 bridgehead atoms. The lowest BCUT2D eigenvalue weighted by molar-refractivity contribution is -0.118. The molecule has 166 valence electrons. The van der Waals surface area contributed by atoms with Gasteiger partial charge in [0.25, 0.3) is 0 Å². The first kappa shape index (κ1) is 23.0. The van der Waals surface area contributed by atoms with Gasteiger partial charge in [0, 0.05) is 50.8 Å². The molecule has 1 fully saturated rings. The second-order valence-corrected chi connectivity index (χ2v) is 8.48. The Kier molecular flexibility index (Phi) is 9.11. The van der Waals surface area contributed by atoms with Crippen LogP contribution in [0.1, 0.15) is 12.0 Å². The molecule has 0 unspecified atom stereocenters. The normalized spacial score (nSPS) is 14.3. The summed E-state index contributed by atoms with van der Waals surface area (Å²) in [5.41, 5.74) is 1.88. The molecule has 0 radical (unpaired) electrons. The van der Waals surface area contributed by atoms with Crippen molar-refractivity contribution in [3.63, 3.8) is 0 Å². The molecular formula is C22H30N6O2S. The number of hydrogen-bond acceptors (Lipinski definition) is 7. The Labute approximate surface area is 187 Å². The number of benzene rings is 1. The van der Waals surface area contributed by atoms with Crippen LogP contribution in [-0.2, 0) is 9.59 Å². The fourth-order valence-corrected chi connectivity index (χ4v) is 4.01. The smallest absolute Gasteiger partial charge is 0.234 e. The van der Waals surface area contributed by atoms with Gasteiger partial charge in [0.05, 0.1) is 11.5 Å². The van der Waals surface area contributed by atoms with Crippen molar-refractivity contribution in [2.24, 2.45) is 0 Å². The van der Waals surface area contributed by atoms with E-state index in [0.717, 1.165) is 56.3 Å². The van der Waals surface area contributed by atoms with E-state index in [1.54, 1.807) is 12.4 Å². The summed E-state index contributed by atoms with van der Waals surface area (Å²) in [7, 11) is 0. The Bertz CT molecular complexity index is 843. The van der Waals surface area contributed by atoms with Gasteiger partial charge in [-0.1, -0.05) is 12.1 Å². The van der Waals surface area contributed by atoms with Crippen molar-refractivity contribution in [2.45, 2.75) is 13.3 Å². The highest BCUT2D eigenvalue weighted by atomic mass is 32.2. The molecule has 0 spiro atoms. The third kappa shape index (κ3) is 8.18. The first-order valence-corrected chi connectivity index (χ1v) is 11.7. The van der Waals surface area contributed by atoms with Crippen molar-refractivity contribution in [2.75, 3.05) is 61.0 Å². The Hall–Kier alpha value is -2.65. The Morgan fingerprint density at radius 3 is 2.52 bits per heavy atom. The molecule has 1 aromatic carbocycles. The molecule has 1 aromatic heterocycles. The molecule has 2 N–H and O–H groups in total. The minimum atomic E-state index is -0.0940. The number of hydrogen-bond donors (Lipinski definition) is 2. The maximum atomic E-state index is 12.0. The van der Waals surface area contributed by atoms with Gasteiger partial charge in [-0.2, -0.15) is 0 Å². The number of aromatic nitrogens is 2. The van der Waals surface area contributed by atoms with Gasteiger partial charge >= 0.3 is 0 Å². The number of nitrogens with zero attached hydrogens (tertiary/aromatic N) is 4. The maximum Gasteiger partial charge on any atom is 0.234 e. The number of nitrogens with one attached hydrogen (secondary N) is 2. The van der Waals surface area contributed by atoms with Crippen LogP contribution in [0.4, 0.5) is 11.6 Å². The van der Waals surface area contributed by atoms with E-state index < -0.39 is 0 Å². The van der Waals surface area contributed by atoms with E-state index in [2.05, 4.69) is 30.4 Å². The third-order valence-corrected chi connectivity index (χ3v) is 5.88. The summed E-state index contributed by atoms with van der Waals surface area (Å²) in [4.78, 5) is 37.2. The van der Waals surface area contributed by atoms with Gasteiger partial charge in [-0.3, -0.25) is 14.5 Å². The first-order chi connectivity index (χ1) is 15.1. The number of amides is 2. The van der Waals surface area contributed by atoms with Crippen LogP contribution in [0.15, 0.2) is 42.7 Å². The van der Waals surface area contributed by atoms with Gasteiger partial charge in [0.2, 0.25) is 17.8 Å². The standard InChI is InChI=1S/C22H30N6O2S/c1-18-5-2-6-19(15-18)26-21(30)17-31-16-20(29)23-9-4-10-27-11-13-28(14-12-27)22-24-7-3-8-25-22/h2-3,5-8,15H,4,9-14,16-17H2,1H3,(H,23,29)(H,26,30). The van der Waals surface area contributed by atoms with Crippen LogP contribution in [0.3, 0.4) is 0 Å². The summed E-state index contributed by atoms with van der Waals surface area (Å²) in [5.74, 6) is 1.22. The molecule has 1 aliphatic rings. The van der Waals surface area contributed by atoms with Crippen LogP contribution < -0.4 is 15.5 Å². The van der Waals surface area contributed by atoms with Crippen LogP contribution in [0.5, 0.6) is 0 Å². The molecule has 0 saturated carbocycles. The van der Waals surface area contributed by atoms with Crippen LogP contribution >= 0.6 is 11.8 Å². The van der Waals surface area contributed by atoms with Crippen molar-refractivity contribution in [1.29, 1.82) is 0 Å². The van der Waals surface area contributed by atoms with Crippen LogP contribution in [-0.4, -0.2) is 77.5 Å². The van der Waals surface area contributed by atoms with Crippen LogP contribution in [0, 0.1) is 6.92 Å². The van der Waals surface area contributed by atoms with Gasteiger partial charge in [0.15, 0.2) is 0 Å². The fraction of sp³-hybridized carbons (Fsp3) is 0.455. The molecule has 0 atom stereocenters. The van der Waals surface area contributed by atoms with E-state index in [-0.39, 0.29) is 23.3 Å². The lowest BCUT2D eigenvalue weighted by Gasteiger charge is -2.34. The number of rotatable bonds is 10. The molecule has 2 aromatic rings. The average molecular weight is 443 g/mol. The van der Waals surface area contributed by atoms with E-state index >= 15 is 0 Å². The molecule has 1 saturated heterocycles. The minimum Gasteiger partial charge on any atom is -0.355 e. The minimum absolute atomic E-state index is 0.0283.